The fourth-order valence-electron chi connectivity index (χ4n) is 4.14. The van der Waals surface area contributed by atoms with Gasteiger partial charge in [0.15, 0.2) is 0 Å². The molecule has 166 valence electrons. The normalized spacial score (nSPS) is 20.2. The summed E-state index contributed by atoms with van der Waals surface area (Å²) in [4.78, 5) is 29.9. The molecule has 2 amide bonds. The minimum absolute atomic E-state index is 0.0149. The van der Waals surface area contributed by atoms with Crippen molar-refractivity contribution in [2.75, 3.05) is 19.6 Å². The number of hydrogen-bond donors (Lipinski definition) is 1. The standard InChI is InChI=1S/C21H24FN3O4S2/c22-15-5-7-17(8-6-15)31(28,29)23-16-9-12-24(13-10-16)20(26)18-3-1-11-25(18)21(27)19-4-2-14-30-19/h2,4-8,14,16,18,23H,1,3,9-13H2/t18-/m0/s1. The number of thiophene rings is 1. The topological polar surface area (TPSA) is 86.8 Å². The molecule has 0 aliphatic carbocycles. The first kappa shape index (κ1) is 21.9. The van der Waals surface area contributed by atoms with Gasteiger partial charge in [-0.2, -0.15) is 0 Å². The summed E-state index contributed by atoms with van der Waals surface area (Å²) >= 11 is 1.37. The first-order valence-electron chi connectivity index (χ1n) is 10.3. The van der Waals surface area contributed by atoms with Crippen LogP contribution in [0.1, 0.15) is 35.4 Å². The number of likely N-dealkylation sites (tertiary alicyclic amines) is 2. The maximum absolute atomic E-state index is 13.1. The number of nitrogens with zero attached hydrogens (tertiary/aromatic N) is 2. The Labute approximate surface area is 184 Å². The second-order valence-corrected chi connectivity index (χ2v) is 10.5. The van der Waals surface area contributed by atoms with E-state index in [1.807, 2.05) is 11.4 Å². The molecule has 10 heteroatoms. The molecule has 0 bridgehead atoms. The van der Waals surface area contributed by atoms with Crippen molar-refractivity contribution in [2.45, 2.75) is 42.7 Å². The molecule has 1 atom stereocenters. The molecule has 0 spiro atoms. The van der Waals surface area contributed by atoms with E-state index in [-0.39, 0.29) is 22.8 Å². The lowest BCUT2D eigenvalue weighted by Gasteiger charge is -2.35. The van der Waals surface area contributed by atoms with Crippen LogP contribution in [-0.2, 0) is 14.8 Å². The quantitative estimate of drug-likeness (QED) is 0.735. The third-order valence-electron chi connectivity index (χ3n) is 5.78. The molecular weight excluding hydrogens is 441 g/mol. The Morgan fingerprint density at radius 1 is 1.03 bits per heavy atom. The van der Waals surface area contributed by atoms with Gasteiger partial charge in [0.1, 0.15) is 11.9 Å². The van der Waals surface area contributed by atoms with Crippen LogP contribution in [0.2, 0.25) is 0 Å². The molecule has 7 nitrogen and oxygen atoms in total. The number of carbonyl (C=O) groups is 2. The van der Waals surface area contributed by atoms with Crippen molar-refractivity contribution in [1.29, 1.82) is 0 Å². The van der Waals surface area contributed by atoms with Gasteiger partial charge in [-0.1, -0.05) is 6.07 Å². The molecule has 0 unspecified atom stereocenters. The number of hydrogen-bond acceptors (Lipinski definition) is 5. The van der Waals surface area contributed by atoms with Gasteiger partial charge in [-0.15, -0.1) is 11.3 Å². The first-order chi connectivity index (χ1) is 14.8. The number of nitrogens with one attached hydrogen (secondary N) is 1. The summed E-state index contributed by atoms with van der Waals surface area (Å²) in [7, 11) is -3.75. The monoisotopic (exact) mass is 465 g/mol. The van der Waals surface area contributed by atoms with Gasteiger partial charge in [0.05, 0.1) is 9.77 Å². The predicted octanol–water partition coefficient (Wildman–Crippen LogP) is 2.46. The van der Waals surface area contributed by atoms with E-state index in [0.717, 1.165) is 18.6 Å². The summed E-state index contributed by atoms with van der Waals surface area (Å²) in [5.41, 5.74) is 0. The van der Waals surface area contributed by atoms with Gasteiger partial charge < -0.3 is 9.80 Å². The van der Waals surface area contributed by atoms with E-state index >= 15 is 0 Å². The molecule has 1 N–H and O–H groups in total. The summed E-state index contributed by atoms with van der Waals surface area (Å²) in [5.74, 6) is -0.667. The summed E-state index contributed by atoms with van der Waals surface area (Å²) in [6.45, 7) is 1.42. The van der Waals surface area contributed by atoms with Gasteiger partial charge in [0.2, 0.25) is 15.9 Å². The zero-order valence-electron chi connectivity index (χ0n) is 16.9. The van der Waals surface area contributed by atoms with Crippen LogP contribution in [0.25, 0.3) is 0 Å². The van der Waals surface area contributed by atoms with Crippen LogP contribution in [-0.4, -0.2) is 61.7 Å². The SMILES string of the molecule is O=C([C@@H]1CCCN1C(=O)c1cccs1)N1CCC(NS(=O)(=O)c2ccc(F)cc2)CC1. The van der Waals surface area contributed by atoms with E-state index in [1.54, 1.807) is 15.9 Å². The van der Waals surface area contributed by atoms with Crippen molar-refractivity contribution in [3.8, 4) is 0 Å². The highest BCUT2D eigenvalue weighted by molar-refractivity contribution is 7.89. The number of rotatable bonds is 5. The van der Waals surface area contributed by atoms with Gasteiger partial charge in [-0.05, 0) is 61.4 Å². The number of benzene rings is 1. The zero-order valence-corrected chi connectivity index (χ0v) is 18.5. The highest BCUT2D eigenvalue weighted by Crippen LogP contribution is 2.25. The van der Waals surface area contributed by atoms with Gasteiger partial charge in [-0.25, -0.2) is 17.5 Å². The Hall–Kier alpha value is -2.30. The van der Waals surface area contributed by atoms with Crippen LogP contribution >= 0.6 is 11.3 Å². The van der Waals surface area contributed by atoms with Crippen LogP contribution < -0.4 is 4.72 Å². The number of carbonyl (C=O) groups excluding carboxylic acids is 2. The fourth-order valence-corrected chi connectivity index (χ4v) is 6.12. The van der Waals surface area contributed by atoms with Gasteiger partial charge in [-0.3, -0.25) is 9.59 Å². The van der Waals surface area contributed by atoms with Crippen molar-refractivity contribution < 1.29 is 22.4 Å². The molecule has 2 fully saturated rings. The molecule has 2 aliphatic rings. The molecule has 2 aliphatic heterocycles. The minimum atomic E-state index is -3.75. The average Bonchev–Trinajstić information content (AvgIpc) is 3.46. The Morgan fingerprint density at radius 2 is 1.74 bits per heavy atom. The van der Waals surface area contributed by atoms with Gasteiger partial charge in [0.25, 0.3) is 5.91 Å². The molecule has 31 heavy (non-hydrogen) atoms. The van der Waals surface area contributed by atoms with Crippen LogP contribution in [0, 0.1) is 5.82 Å². The molecular formula is C21H24FN3O4S2. The number of halogens is 1. The van der Waals surface area contributed by atoms with Gasteiger partial charge in [0, 0.05) is 25.7 Å². The van der Waals surface area contributed by atoms with E-state index in [0.29, 0.717) is 43.8 Å². The van der Waals surface area contributed by atoms with Crippen molar-refractivity contribution >= 4 is 33.2 Å². The van der Waals surface area contributed by atoms with E-state index < -0.39 is 21.9 Å². The molecule has 0 radical (unpaired) electrons. The largest absolute Gasteiger partial charge is 0.341 e. The van der Waals surface area contributed by atoms with E-state index in [1.165, 1.54) is 23.5 Å². The lowest BCUT2D eigenvalue weighted by Crippen LogP contribution is -2.52. The van der Waals surface area contributed by atoms with Crippen LogP contribution in [0.15, 0.2) is 46.7 Å². The molecule has 0 saturated carbocycles. The first-order valence-corrected chi connectivity index (χ1v) is 12.6. The molecule has 3 heterocycles. The Balaban J connectivity index is 1.34. The zero-order chi connectivity index (χ0) is 22.0. The summed E-state index contributed by atoms with van der Waals surface area (Å²) < 4.78 is 40.7. The molecule has 1 aromatic carbocycles. The number of sulfonamides is 1. The molecule has 2 saturated heterocycles. The molecule has 2 aromatic rings. The fraction of sp³-hybridized carbons (Fsp3) is 0.429. The van der Waals surface area contributed by atoms with E-state index in [2.05, 4.69) is 4.72 Å². The lowest BCUT2D eigenvalue weighted by atomic mass is 10.0. The predicted molar refractivity (Wildman–Crippen MR) is 115 cm³/mol. The smallest absolute Gasteiger partial charge is 0.264 e. The van der Waals surface area contributed by atoms with Crippen molar-refractivity contribution in [3.63, 3.8) is 0 Å². The Morgan fingerprint density at radius 3 is 2.39 bits per heavy atom. The van der Waals surface area contributed by atoms with E-state index in [9.17, 15) is 22.4 Å². The Kier molecular flexibility index (Phi) is 6.40. The number of piperidine rings is 1. The van der Waals surface area contributed by atoms with Crippen LogP contribution in [0.5, 0.6) is 0 Å². The highest BCUT2D eigenvalue weighted by atomic mass is 32.2. The van der Waals surface area contributed by atoms with Gasteiger partial charge >= 0.3 is 0 Å². The Bertz CT molecular complexity index is 1030. The van der Waals surface area contributed by atoms with Crippen molar-refractivity contribution in [3.05, 3.63) is 52.5 Å². The summed E-state index contributed by atoms with van der Waals surface area (Å²) in [6, 6.07) is 7.52. The van der Waals surface area contributed by atoms with Crippen LogP contribution in [0.4, 0.5) is 4.39 Å². The maximum atomic E-state index is 13.1. The third kappa shape index (κ3) is 4.81. The second kappa shape index (κ2) is 9.05. The third-order valence-corrected chi connectivity index (χ3v) is 8.18. The minimum Gasteiger partial charge on any atom is -0.341 e. The lowest BCUT2D eigenvalue weighted by molar-refractivity contribution is -0.136. The maximum Gasteiger partial charge on any atom is 0.264 e. The summed E-state index contributed by atoms with van der Waals surface area (Å²) in [6.07, 6.45) is 2.41. The number of amides is 2. The van der Waals surface area contributed by atoms with Crippen molar-refractivity contribution in [1.82, 2.24) is 14.5 Å². The molecule has 4 rings (SSSR count). The summed E-state index contributed by atoms with van der Waals surface area (Å²) in [5, 5.41) is 1.85. The highest BCUT2D eigenvalue weighted by Gasteiger charge is 2.38. The average molecular weight is 466 g/mol. The second-order valence-electron chi connectivity index (χ2n) is 7.81. The van der Waals surface area contributed by atoms with E-state index in [4.69, 9.17) is 0 Å². The van der Waals surface area contributed by atoms with Crippen LogP contribution in [0.3, 0.4) is 0 Å². The molecule has 1 aromatic heterocycles. The van der Waals surface area contributed by atoms with Crippen molar-refractivity contribution in [2.24, 2.45) is 0 Å².